The maximum atomic E-state index is 11.5. The van der Waals surface area contributed by atoms with Gasteiger partial charge in [0.2, 0.25) is 11.8 Å². The number of carboxylic acid groups (broad SMARTS) is 1. The smallest absolute Gasteiger partial charge is 0.325 e. The van der Waals surface area contributed by atoms with E-state index in [0.717, 1.165) is 0 Å². The molecule has 1 atom stereocenters. The summed E-state index contributed by atoms with van der Waals surface area (Å²) in [6.07, 6.45) is 0.683. The van der Waals surface area contributed by atoms with Crippen molar-refractivity contribution >= 4 is 17.8 Å². The minimum absolute atomic E-state index is 0.0678. The van der Waals surface area contributed by atoms with Crippen molar-refractivity contribution in [1.29, 1.82) is 0 Å². The second-order valence-corrected chi connectivity index (χ2v) is 5.24. The Morgan fingerprint density at radius 1 is 1.22 bits per heavy atom. The fourth-order valence-electron chi connectivity index (χ4n) is 1.09. The molecule has 0 heterocycles. The normalized spacial score (nSPS) is 12.7. The first-order chi connectivity index (χ1) is 8.14. The highest BCUT2D eigenvalue weighted by Gasteiger charge is 2.20. The van der Waals surface area contributed by atoms with Gasteiger partial charge in [-0.3, -0.25) is 14.4 Å². The molecule has 0 aliphatic rings. The summed E-state index contributed by atoms with van der Waals surface area (Å²) in [5, 5.41) is 13.7. The third kappa shape index (κ3) is 6.88. The van der Waals surface area contributed by atoms with Gasteiger partial charge in [-0.25, -0.2) is 0 Å². The molecule has 0 aliphatic heterocycles. The summed E-state index contributed by atoms with van der Waals surface area (Å²) in [6, 6.07) is -0.887. The summed E-state index contributed by atoms with van der Waals surface area (Å²) < 4.78 is 0. The fraction of sp³-hybridized carbons (Fsp3) is 0.750. The Bertz CT molecular complexity index is 321. The summed E-state index contributed by atoms with van der Waals surface area (Å²) in [5.74, 6) is -1.46. The number of aliphatic carboxylic acids is 1. The molecule has 104 valence electrons. The molecule has 0 rings (SSSR count). The number of rotatable bonds is 6. The van der Waals surface area contributed by atoms with E-state index in [9.17, 15) is 14.4 Å². The molecule has 0 aromatic rings. The highest BCUT2D eigenvalue weighted by Crippen LogP contribution is 2.12. The van der Waals surface area contributed by atoms with Gasteiger partial charge in [0.15, 0.2) is 0 Å². The minimum Gasteiger partial charge on any atom is -0.480 e. The van der Waals surface area contributed by atoms with E-state index >= 15 is 0 Å². The van der Waals surface area contributed by atoms with Gasteiger partial charge in [0.05, 0.1) is 0 Å². The van der Waals surface area contributed by atoms with Crippen molar-refractivity contribution in [2.24, 2.45) is 5.41 Å². The van der Waals surface area contributed by atoms with Crippen LogP contribution in [-0.2, 0) is 14.4 Å². The van der Waals surface area contributed by atoms with Crippen LogP contribution in [0.5, 0.6) is 0 Å². The Kier molecular flexibility index (Phi) is 6.36. The molecular formula is C12H22N2O4. The first-order valence-corrected chi connectivity index (χ1v) is 5.95. The van der Waals surface area contributed by atoms with Crippen molar-refractivity contribution in [1.82, 2.24) is 10.6 Å². The van der Waals surface area contributed by atoms with Crippen LogP contribution in [0.2, 0.25) is 0 Å². The molecule has 0 aromatic heterocycles. The van der Waals surface area contributed by atoms with E-state index < -0.39 is 17.4 Å². The van der Waals surface area contributed by atoms with E-state index in [1.165, 1.54) is 6.92 Å². The van der Waals surface area contributed by atoms with Crippen LogP contribution < -0.4 is 10.6 Å². The van der Waals surface area contributed by atoms with Crippen molar-refractivity contribution in [2.75, 3.05) is 6.54 Å². The molecule has 6 nitrogen and oxygen atoms in total. The van der Waals surface area contributed by atoms with Gasteiger partial charge >= 0.3 is 5.97 Å². The second kappa shape index (κ2) is 6.98. The number of hydrogen-bond acceptors (Lipinski definition) is 3. The molecule has 3 N–H and O–H groups in total. The van der Waals surface area contributed by atoms with Crippen molar-refractivity contribution in [3.8, 4) is 0 Å². The van der Waals surface area contributed by atoms with E-state index in [0.29, 0.717) is 13.0 Å². The zero-order valence-electron chi connectivity index (χ0n) is 11.4. The molecular weight excluding hydrogens is 236 g/mol. The average Bonchev–Trinajstić information content (AvgIpc) is 2.22. The molecule has 0 radical (unpaired) electrons. The second-order valence-electron chi connectivity index (χ2n) is 5.24. The van der Waals surface area contributed by atoms with Crippen LogP contribution in [-0.4, -0.2) is 35.5 Å². The number of carbonyl (C=O) groups is 3. The summed E-state index contributed by atoms with van der Waals surface area (Å²) in [7, 11) is 0. The quantitative estimate of drug-likeness (QED) is 0.605. The van der Waals surface area contributed by atoms with E-state index in [2.05, 4.69) is 10.6 Å². The van der Waals surface area contributed by atoms with Gasteiger partial charge in [-0.15, -0.1) is 0 Å². The molecule has 6 heteroatoms. The van der Waals surface area contributed by atoms with E-state index in [1.807, 2.05) is 20.8 Å². The molecule has 0 spiro atoms. The van der Waals surface area contributed by atoms with Crippen LogP contribution >= 0.6 is 0 Å². The predicted molar refractivity (Wildman–Crippen MR) is 66.9 cm³/mol. The first-order valence-electron chi connectivity index (χ1n) is 5.95. The van der Waals surface area contributed by atoms with Crippen LogP contribution in [0.15, 0.2) is 0 Å². The van der Waals surface area contributed by atoms with E-state index in [4.69, 9.17) is 5.11 Å². The standard InChI is InChI=1S/C12H22N2O4/c1-8(10(16)17)14-9(15)6-5-7-13-11(18)12(2,3)4/h8H,5-7H2,1-4H3,(H,13,18)(H,14,15)(H,16,17). The van der Waals surface area contributed by atoms with Crippen molar-refractivity contribution in [3.05, 3.63) is 0 Å². The van der Waals surface area contributed by atoms with E-state index in [-0.39, 0.29) is 18.2 Å². The average molecular weight is 258 g/mol. The zero-order chi connectivity index (χ0) is 14.3. The molecule has 2 amide bonds. The molecule has 0 aliphatic carbocycles. The molecule has 18 heavy (non-hydrogen) atoms. The van der Waals surface area contributed by atoms with E-state index in [1.54, 1.807) is 0 Å². The summed E-state index contributed by atoms with van der Waals surface area (Å²) >= 11 is 0. The maximum absolute atomic E-state index is 11.5. The Balaban J connectivity index is 3.77. The zero-order valence-corrected chi connectivity index (χ0v) is 11.4. The van der Waals surface area contributed by atoms with Crippen LogP contribution in [0.1, 0.15) is 40.5 Å². The van der Waals surface area contributed by atoms with Gasteiger partial charge < -0.3 is 15.7 Å². The van der Waals surface area contributed by atoms with Crippen molar-refractivity contribution in [3.63, 3.8) is 0 Å². The van der Waals surface area contributed by atoms with Crippen LogP contribution in [0.25, 0.3) is 0 Å². The number of nitrogens with one attached hydrogen (secondary N) is 2. The topological polar surface area (TPSA) is 95.5 Å². The maximum Gasteiger partial charge on any atom is 0.325 e. The molecule has 1 unspecified atom stereocenters. The summed E-state index contributed by atoms with van der Waals surface area (Å²) in [6.45, 7) is 7.24. The lowest BCUT2D eigenvalue weighted by molar-refractivity contribution is -0.141. The van der Waals surface area contributed by atoms with Crippen LogP contribution in [0.3, 0.4) is 0 Å². The highest BCUT2D eigenvalue weighted by molar-refractivity contribution is 5.83. The van der Waals surface area contributed by atoms with Crippen molar-refractivity contribution in [2.45, 2.75) is 46.6 Å². The Morgan fingerprint density at radius 3 is 2.22 bits per heavy atom. The highest BCUT2D eigenvalue weighted by atomic mass is 16.4. The van der Waals surface area contributed by atoms with Gasteiger partial charge in [-0.1, -0.05) is 20.8 Å². The molecule has 0 saturated carbocycles. The fourth-order valence-corrected chi connectivity index (χ4v) is 1.09. The molecule has 0 saturated heterocycles. The lowest BCUT2D eigenvalue weighted by atomic mass is 9.96. The third-order valence-corrected chi connectivity index (χ3v) is 2.30. The molecule has 0 aromatic carbocycles. The van der Waals surface area contributed by atoms with Gasteiger partial charge in [0.25, 0.3) is 0 Å². The van der Waals surface area contributed by atoms with Gasteiger partial charge in [0.1, 0.15) is 6.04 Å². The number of carboxylic acids is 1. The largest absolute Gasteiger partial charge is 0.480 e. The minimum atomic E-state index is -1.07. The van der Waals surface area contributed by atoms with Crippen LogP contribution in [0.4, 0.5) is 0 Å². The Labute approximate surface area is 107 Å². The van der Waals surface area contributed by atoms with Gasteiger partial charge in [-0.05, 0) is 13.3 Å². The van der Waals surface area contributed by atoms with Crippen LogP contribution in [0, 0.1) is 5.41 Å². The number of hydrogen-bond donors (Lipinski definition) is 3. The number of carbonyl (C=O) groups excluding carboxylic acids is 2. The Morgan fingerprint density at radius 2 is 1.78 bits per heavy atom. The summed E-state index contributed by atoms with van der Waals surface area (Å²) in [4.78, 5) is 33.3. The number of amides is 2. The lowest BCUT2D eigenvalue weighted by Gasteiger charge is -2.17. The van der Waals surface area contributed by atoms with Crippen molar-refractivity contribution < 1.29 is 19.5 Å². The molecule has 0 bridgehead atoms. The molecule has 0 fully saturated rings. The Hall–Kier alpha value is -1.59. The summed E-state index contributed by atoms with van der Waals surface area (Å²) in [5.41, 5.74) is -0.444. The van der Waals surface area contributed by atoms with Gasteiger partial charge in [0, 0.05) is 18.4 Å². The lowest BCUT2D eigenvalue weighted by Crippen LogP contribution is -2.39. The van der Waals surface area contributed by atoms with Gasteiger partial charge in [-0.2, -0.15) is 0 Å². The monoisotopic (exact) mass is 258 g/mol. The third-order valence-electron chi connectivity index (χ3n) is 2.30. The predicted octanol–water partition coefficient (Wildman–Crippen LogP) is 0.518. The SMILES string of the molecule is CC(NC(=O)CCCNC(=O)C(C)(C)C)C(=O)O. The first kappa shape index (κ1) is 16.4.